The number of carboxylic acids is 1. The largest absolute Gasteiger partial charge is 0.508 e. The molecule has 4 N–H and O–H groups in total. The second kappa shape index (κ2) is 9.36. The van der Waals surface area contributed by atoms with Crippen LogP contribution in [0.1, 0.15) is 11.1 Å². The van der Waals surface area contributed by atoms with Crippen molar-refractivity contribution in [1.29, 1.82) is 0 Å². The first-order valence-electron chi connectivity index (χ1n) is 8.98. The quantitative estimate of drug-likeness (QED) is 0.462. The summed E-state index contributed by atoms with van der Waals surface area (Å²) < 4.78 is 1.59. The van der Waals surface area contributed by atoms with Crippen molar-refractivity contribution >= 4 is 17.9 Å². The van der Waals surface area contributed by atoms with E-state index in [1.807, 2.05) is 30.3 Å². The van der Waals surface area contributed by atoms with Crippen LogP contribution in [0.2, 0.25) is 0 Å². The molecule has 2 aromatic carbocycles. The van der Waals surface area contributed by atoms with Gasteiger partial charge in [0.05, 0.1) is 12.5 Å². The smallest absolute Gasteiger partial charge is 0.321 e. The van der Waals surface area contributed by atoms with Crippen molar-refractivity contribution in [3.63, 3.8) is 0 Å². The number of rotatable bonds is 8. The average Bonchev–Trinajstić information content (AvgIpc) is 3.13. The molecule has 150 valence electrons. The van der Waals surface area contributed by atoms with Crippen molar-refractivity contribution in [3.8, 4) is 5.75 Å². The van der Waals surface area contributed by atoms with Gasteiger partial charge in [0.1, 0.15) is 12.1 Å². The van der Waals surface area contributed by atoms with Crippen molar-refractivity contribution in [1.82, 2.24) is 20.1 Å². The molecule has 2 amide bonds. The summed E-state index contributed by atoms with van der Waals surface area (Å²) in [6.07, 6.45) is 1.73. The molecule has 9 heteroatoms. The predicted molar refractivity (Wildman–Crippen MR) is 106 cm³/mol. The summed E-state index contributed by atoms with van der Waals surface area (Å²) in [6, 6.07) is 15.4. The van der Waals surface area contributed by atoms with Gasteiger partial charge in [-0.3, -0.25) is 10.1 Å². The summed E-state index contributed by atoms with van der Waals surface area (Å²) in [5.74, 6) is -1.60. The van der Waals surface area contributed by atoms with Crippen molar-refractivity contribution in [2.75, 3.05) is 11.9 Å². The molecule has 0 aliphatic rings. The molecule has 0 aliphatic carbocycles. The maximum Gasteiger partial charge on any atom is 0.321 e. The van der Waals surface area contributed by atoms with Gasteiger partial charge in [0.2, 0.25) is 5.95 Å². The third-order valence-corrected chi connectivity index (χ3v) is 4.23. The van der Waals surface area contributed by atoms with Gasteiger partial charge in [-0.25, -0.2) is 14.5 Å². The summed E-state index contributed by atoms with van der Waals surface area (Å²) in [5, 5.41) is 27.9. The second-order valence-electron chi connectivity index (χ2n) is 6.49. The molecule has 0 bridgehead atoms. The first kappa shape index (κ1) is 19.9. The fraction of sp³-hybridized carbons (Fsp3) is 0.200. The molecule has 1 unspecified atom stereocenters. The van der Waals surface area contributed by atoms with Crippen LogP contribution in [-0.2, 0) is 17.8 Å². The highest BCUT2D eigenvalue weighted by molar-refractivity contribution is 5.87. The second-order valence-corrected chi connectivity index (χ2v) is 6.49. The van der Waals surface area contributed by atoms with Crippen LogP contribution in [0.4, 0.5) is 10.7 Å². The Hall–Kier alpha value is -3.88. The molecular formula is C20H21N5O4. The minimum absolute atomic E-state index is 0.0627. The molecule has 0 aliphatic heterocycles. The maximum absolute atomic E-state index is 12.1. The summed E-state index contributed by atoms with van der Waals surface area (Å²) in [6.45, 7) is 0.456. The van der Waals surface area contributed by atoms with Gasteiger partial charge in [-0.2, -0.15) is 0 Å². The SMILES string of the molecule is O=C(NCC(Cc1ccc(O)cc1)C(=O)O)Nc1ncn(Cc2ccccc2)n1. The molecule has 3 aromatic rings. The highest BCUT2D eigenvalue weighted by atomic mass is 16.4. The van der Waals surface area contributed by atoms with E-state index in [2.05, 4.69) is 20.7 Å². The van der Waals surface area contributed by atoms with Crippen LogP contribution < -0.4 is 10.6 Å². The Morgan fingerprint density at radius 1 is 1.03 bits per heavy atom. The number of anilines is 1. The van der Waals surface area contributed by atoms with Gasteiger partial charge < -0.3 is 15.5 Å². The predicted octanol–water partition coefficient (Wildman–Crippen LogP) is 2.10. The Balaban J connectivity index is 1.50. The van der Waals surface area contributed by atoms with E-state index in [4.69, 9.17) is 0 Å². The number of benzene rings is 2. The normalized spacial score (nSPS) is 11.6. The first-order valence-corrected chi connectivity index (χ1v) is 8.98. The minimum Gasteiger partial charge on any atom is -0.508 e. The monoisotopic (exact) mass is 395 g/mol. The lowest BCUT2D eigenvalue weighted by Crippen LogP contribution is -2.36. The molecule has 0 saturated heterocycles. The van der Waals surface area contributed by atoms with E-state index in [0.29, 0.717) is 6.54 Å². The summed E-state index contributed by atoms with van der Waals surface area (Å²) in [5.41, 5.74) is 1.80. The van der Waals surface area contributed by atoms with Gasteiger partial charge in [-0.1, -0.05) is 42.5 Å². The fourth-order valence-corrected chi connectivity index (χ4v) is 2.72. The molecule has 0 fully saturated rings. The number of carboxylic acid groups (broad SMARTS) is 1. The molecule has 3 rings (SSSR count). The topological polar surface area (TPSA) is 129 Å². The lowest BCUT2D eigenvalue weighted by molar-refractivity contribution is -0.141. The van der Waals surface area contributed by atoms with Crippen molar-refractivity contribution in [2.24, 2.45) is 5.92 Å². The summed E-state index contributed by atoms with van der Waals surface area (Å²) in [4.78, 5) is 27.6. The summed E-state index contributed by atoms with van der Waals surface area (Å²) in [7, 11) is 0. The van der Waals surface area contributed by atoms with Crippen LogP contribution >= 0.6 is 0 Å². The molecule has 0 spiro atoms. The first-order chi connectivity index (χ1) is 14.0. The number of carbonyl (C=O) groups is 2. The molecule has 1 aromatic heterocycles. The number of hydrogen-bond donors (Lipinski definition) is 4. The maximum atomic E-state index is 12.1. The lowest BCUT2D eigenvalue weighted by atomic mass is 9.99. The third kappa shape index (κ3) is 6.06. The zero-order chi connectivity index (χ0) is 20.6. The number of phenolic OH excluding ortho intramolecular Hbond substituents is 1. The Bertz CT molecular complexity index is 957. The molecular weight excluding hydrogens is 374 g/mol. The Kier molecular flexibility index (Phi) is 6.41. The van der Waals surface area contributed by atoms with Gasteiger partial charge in [0.25, 0.3) is 0 Å². The number of nitrogens with zero attached hydrogens (tertiary/aromatic N) is 3. The molecule has 1 heterocycles. The van der Waals surface area contributed by atoms with Crippen molar-refractivity contribution in [3.05, 3.63) is 72.1 Å². The molecule has 29 heavy (non-hydrogen) atoms. The van der Waals surface area contributed by atoms with E-state index in [9.17, 15) is 19.8 Å². The van der Waals surface area contributed by atoms with Gasteiger partial charge in [0.15, 0.2) is 0 Å². The number of hydrogen-bond acceptors (Lipinski definition) is 5. The number of aromatic hydroxyl groups is 1. The number of phenols is 1. The van der Waals surface area contributed by atoms with Crippen LogP contribution in [0, 0.1) is 5.92 Å². The van der Waals surface area contributed by atoms with E-state index < -0.39 is 17.9 Å². The Morgan fingerprint density at radius 3 is 2.45 bits per heavy atom. The zero-order valence-corrected chi connectivity index (χ0v) is 15.5. The van der Waals surface area contributed by atoms with Crippen molar-refractivity contribution < 1.29 is 19.8 Å². The van der Waals surface area contributed by atoms with Crippen LogP contribution in [0.25, 0.3) is 0 Å². The standard InChI is InChI=1S/C20H21N5O4/c26-17-8-6-14(7-9-17)10-16(18(27)28)11-21-20(29)23-19-22-13-25(24-19)12-15-4-2-1-3-5-15/h1-9,13,16,26H,10-12H2,(H,27,28)(H2,21,23,24,29). The van der Waals surface area contributed by atoms with Gasteiger partial charge in [-0.15, -0.1) is 5.10 Å². The highest BCUT2D eigenvalue weighted by Crippen LogP contribution is 2.14. The molecule has 0 radical (unpaired) electrons. The van der Waals surface area contributed by atoms with E-state index in [0.717, 1.165) is 11.1 Å². The minimum atomic E-state index is -1.02. The Morgan fingerprint density at radius 2 is 1.76 bits per heavy atom. The number of carbonyl (C=O) groups excluding carboxylic acids is 1. The molecule has 0 saturated carbocycles. The van der Waals surface area contributed by atoms with E-state index in [1.54, 1.807) is 16.8 Å². The van der Waals surface area contributed by atoms with Gasteiger partial charge in [0, 0.05) is 6.54 Å². The van der Waals surface area contributed by atoms with Crippen LogP contribution in [0.3, 0.4) is 0 Å². The van der Waals surface area contributed by atoms with Crippen LogP contribution in [-0.4, -0.2) is 43.5 Å². The van der Waals surface area contributed by atoms with Crippen LogP contribution in [0.5, 0.6) is 5.75 Å². The van der Waals surface area contributed by atoms with Gasteiger partial charge >= 0.3 is 12.0 Å². The highest BCUT2D eigenvalue weighted by Gasteiger charge is 2.19. The number of urea groups is 1. The van der Waals surface area contributed by atoms with Crippen LogP contribution in [0.15, 0.2) is 60.9 Å². The van der Waals surface area contributed by atoms with Gasteiger partial charge in [-0.05, 0) is 29.7 Å². The van der Waals surface area contributed by atoms with Crippen molar-refractivity contribution in [2.45, 2.75) is 13.0 Å². The fourth-order valence-electron chi connectivity index (χ4n) is 2.72. The number of amides is 2. The van der Waals surface area contributed by atoms with E-state index in [1.165, 1.54) is 18.5 Å². The summed E-state index contributed by atoms with van der Waals surface area (Å²) >= 11 is 0. The average molecular weight is 395 g/mol. The zero-order valence-electron chi connectivity index (χ0n) is 15.5. The number of aromatic nitrogens is 3. The molecule has 1 atom stereocenters. The Labute approximate surface area is 167 Å². The lowest BCUT2D eigenvalue weighted by Gasteiger charge is -2.13. The third-order valence-electron chi connectivity index (χ3n) is 4.23. The number of aliphatic carboxylic acids is 1. The van der Waals surface area contributed by atoms with E-state index >= 15 is 0 Å². The number of nitrogens with one attached hydrogen (secondary N) is 2. The van der Waals surface area contributed by atoms with E-state index in [-0.39, 0.29) is 24.7 Å². The molecule has 9 nitrogen and oxygen atoms in total.